The van der Waals surface area contributed by atoms with Crippen LogP contribution >= 0.6 is 0 Å². The van der Waals surface area contributed by atoms with Gasteiger partial charge in [0.05, 0.1) is 17.0 Å². The van der Waals surface area contributed by atoms with Gasteiger partial charge in [-0.15, -0.1) is 0 Å². The lowest BCUT2D eigenvalue weighted by molar-refractivity contribution is -0.135. The number of aromatic nitrogens is 2. The topological polar surface area (TPSA) is 78.1 Å². The lowest BCUT2D eigenvalue weighted by Gasteiger charge is -2.32. The summed E-state index contributed by atoms with van der Waals surface area (Å²) >= 11 is 0. The number of fused-ring (bicyclic) bond motifs is 1. The van der Waals surface area contributed by atoms with E-state index in [0.29, 0.717) is 6.54 Å². The molecule has 148 valence electrons. The largest absolute Gasteiger partial charge is 0.342 e. The van der Waals surface area contributed by atoms with Crippen LogP contribution in [0.4, 0.5) is 5.69 Å². The van der Waals surface area contributed by atoms with Crippen LogP contribution in [-0.2, 0) is 9.59 Å². The van der Waals surface area contributed by atoms with Gasteiger partial charge in [-0.3, -0.25) is 9.59 Å². The lowest BCUT2D eigenvalue weighted by atomic mass is 9.96. The van der Waals surface area contributed by atoms with Crippen LogP contribution in [0.25, 0.3) is 22.4 Å². The first kappa shape index (κ1) is 17.9. The van der Waals surface area contributed by atoms with Gasteiger partial charge in [-0.2, -0.15) is 0 Å². The Morgan fingerprint density at radius 3 is 2.72 bits per heavy atom. The molecule has 1 aromatic heterocycles. The Kier molecular flexibility index (Phi) is 4.54. The lowest BCUT2D eigenvalue weighted by Crippen LogP contribution is -2.44. The van der Waals surface area contributed by atoms with E-state index in [-0.39, 0.29) is 23.7 Å². The molecule has 3 aromatic rings. The van der Waals surface area contributed by atoms with E-state index in [1.807, 2.05) is 53.4 Å². The molecule has 1 aliphatic carbocycles. The van der Waals surface area contributed by atoms with Crippen LogP contribution in [0, 0.1) is 11.8 Å². The number of piperidine rings is 1. The zero-order valence-electron chi connectivity index (χ0n) is 16.2. The molecule has 2 N–H and O–H groups in total. The third-order valence-electron chi connectivity index (χ3n) is 5.82. The number of hydrogen-bond acceptors (Lipinski definition) is 3. The highest BCUT2D eigenvalue weighted by Crippen LogP contribution is 2.32. The van der Waals surface area contributed by atoms with Gasteiger partial charge in [0.1, 0.15) is 5.82 Å². The molecule has 1 aliphatic heterocycles. The Morgan fingerprint density at radius 1 is 1.03 bits per heavy atom. The van der Waals surface area contributed by atoms with Crippen molar-refractivity contribution >= 4 is 28.5 Å². The summed E-state index contributed by atoms with van der Waals surface area (Å²) in [6, 6.07) is 15.6. The van der Waals surface area contributed by atoms with E-state index in [1.165, 1.54) is 0 Å². The van der Waals surface area contributed by atoms with E-state index in [0.717, 1.165) is 60.3 Å². The number of likely N-dealkylation sites (tertiary alicyclic amines) is 1. The fraction of sp³-hybridized carbons (Fsp3) is 0.348. The second-order valence-electron chi connectivity index (χ2n) is 8.07. The van der Waals surface area contributed by atoms with Crippen molar-refractivity contribution in [3.05, 3.63) is 48.5 Å². The van der Waals surface area contributed by atoms with Crippen LogP contribution in [0.15, 0.2) is 48.5 Å². The Bertz CT molecular complexity index is 1040. The number of hydrogen-bond donors (Lipinski definition) is 2. The Morgan fingerprint density at radius 2 is 1.90 bits per heavy atom. The SMILES string of the molecule is O=C(Nc1cccc(-c2nc3ccccc3[nH]2)c1)C1CCCN(C(=O)C2CC2)C1. The molecule has 0 radical (unpaired) electrons. The van der Waals surface area contributed by atoms with Crippen molar-refractivity contribution in [2.45, 2.75) is 25.7 Å². The van der Waals surface area contributed by atoms with Crippen molar-refractivity contribution in [1.82, 2.24) is 14.9 Å². The molecule has 0 spiro atoms. The molecular formula is C23H24N4O2. The van der Waals surface area contributed by atoms with Crippen LogP contribution in [0.5, 0.6) is 0 Å². The molecule has 6 nitrogen and oxygen atoms in total. The minimum atomic E-state index is -0.152. The second kappa shape index (κ2) is 7.35. The molecule has 1 unspecified atom stereocenters. The van der Waals surface area contributed by atoms with E-state index < -0.39 is 0 Å². The van der Waals surface area contributed by atoms with Gasteiger partial charge < -0.3 is 15.2 Å². The summed E-state index contributed by atoms with van der Waals surface area (Å²) in [6.45, 7) is 1.31. The van der Waals surface area contributed by atoms with Crippen LogP contribution in [0.2, 0.25) is 0 Å². The van der Waals surface area contributed by atoms with Crippen LogP contribution in [0.1, 0.15) is 25.7 Å². The molecule has 1 atom stereocenters. The number of rotatable bonds is 4. The van der Waals surface area contributed by atoms with Gasteiger partial charge in [0.15, 0.2) is 0 Å². The number of para-hydroxylation sites is 2. The number of carbonyl (C=O) groups is 2. The average molecular weight is 388 g/mol. The first-order valence-electron chi connectivity index (χ1n) is 10.3. The number of H-pyrrole nitrogens is 1. The molecular weight excluding hydrogens is 364 g/mol. The quantitative estimate of drug-likeness (QED) is 0.713. The summed E-state index contributed by atoms with van der Waals surface area (Å²) in [5.74, 6) is 1.05. The van der Waals surface area contributed by atoms with Crippen molar-refractivity contribution in [3.8, 4) is 11.4 Å². The third kappa shape index (κ3) is 3.75. The molecule has 1 saturated carbocycles. The van der Waals surface area contributed by atoms with Gasteiger partial charge in [-0.1, -0.05) is 24.3 Å². The number of carbonyl (C=O) groups excluding carboxylic acids is 2. The maximum absolute atomic E-state index is 12.8. The standard InChI is InChI=1S/C23H24N4O2/c28-22(17-6-4-12-27(14-17)23(29)15-10-11-15)24-18-7-3-5-16(13-18)21-25-19-8-1-2-9-20(19)26-21/h1-3,5,7-9,13,15,17H,4,6,10-12,14H2,(H,24,28)(H,25,26). The van der Waals surface area contributed by atoms with Gasteiger partial charge in [0.2, 0.25) is 11.8 Å². The maximum atomic E-state index is 12.8. The second-order valence-corrected chi connectivity index (χ2v) is 8.07. The number of aromatic amines is 1. The molecule has 2 heterocycles. The zero-order chi connectivity index (χ0) is 19.8. The van der Waals surface area contributed by atoms with E-state index in [4.69, 9.17) is 0 Å². The molecule has 5 rings (SSSR count). The number of nitrogens with zero attached hydrogens (tertiary/aromatic N) is 2. The molecule has 29 heavy (non-hydrogen) atoms. The van der Waals surface area contributed by atoms with Crippen LogP contribution in [-0.4, -0.2) is 39.8 Å². The van der Waals surface area contributed by atoms with E-state index in [9.17, 15) is 9.59 Å². The highest BCUT2D eigenvalue weighted by atomic mass is 16.2. The Balaban J connectivity index is 1.29. The predicted molar refractivity (Wildman–Crippen MR) is 112 cm³/mol. The molecule has 6 heteroatoms. The smallest absolute Gasteiger partial charge is 0.229 e. The van der Waals surface area contributed by atoms with Crippen molar-refractivity contribution < 1.29 is 9.59 Å². The third-order valence-corrected chi connectivity index (χ3v) is 5.82. The first-order valence-corrected chi connectivity index (χ1v) is 10.3. The van der Waals surface area contributed by atoms with E-state index in [1.54, 1.807) is 0 Å². The summed E-state index contributed by atoms with van der Waals surface area (Å²) in [4.78, 5) is 35.0. The minimum Gasteiger partial charge on any atom is -0.342 e. The van der Waals surface area contributed by atoms with Gasteiger partial charge in [0, 0.05) is 30.3 Å². The average Bonchev–Trinajstić information content (AvgIpc) is 3.51. The number of nitrogens with one attached hydrogen (secondary N) is 2. The van der Waals surface area contributed by atoms with Crippen molar-refractivity contribution in [3.63, 3.8) is 0 Å². The van der Waals surface area contributed by atoms with E-state index >= 15 is 0 Å². The van der Waals surface area contributed by atoms with E-state index in [2.05, 4.69) is 15.3 Å². The number of anilines is 1. The van der Waals surface area contributed by atoms with Gasteiger partial charge in [-0.25, -0.2) is 4.98 Å². The number of amides is 2. The molecule has 2 amide bonds. The first-order chi connectivity index (χ1) is 14.2. The monoisotopic (exact) mass is 388 g/mol. The molecule has 2 aromatic carbocycles. The number of benzene rings is 2. The maximum Gasteiger partial charge on any atom is 0.229 e. The van der Waals surface area contributed by atoms with Gasteiger partial charge in [-0.05, 0) is 49.9 Å². The van der Waals surface area contributed by atoms with Crippen LogP contribution < -0.4 is 5.32 Å². The Hall–Kier alpha value is -3.15. The van der Waals surface area contributed by atoms with Crippen molar-refractivity contribution in [1.29, 1.82) is 0 Å². The Labute approximate surface area is 169 Å². The molecule has 2 aliphatic rings. The fourth-order valence-electron chi connectivity index (χ4n) is 4.06. The van der Waals surface area contributed by atoms with Crippen molar-refractivity contribution in [2.75, 3.05) is 18.4 Å². The van der Waals surface area contributed by atoms with Crippen molar-refractivity contribution in [2.24, 2.45) is 11.8 Å². The molecule has 0 bridgehead atoms. The van der Waals surface area contributed by atoms with Crippen LogP contribution in [0.3, 0.4) is 0 Å². The predicted octanol–water partition coefficient (Wildman–Crippen LogP) is 3.82. The minimum absolute atomic E-state index is 0.0138. The zero-order valence-corrected chi connectivity index (χ0v) is 16.2. The molecule has 2 fully saturated rings. The highest BCUT2D eigenvalue weighted by Gasteiger charge is 2.36. The van der Waals surface area contributed by atoms with Gasteiger partial charge in [0.25, 0.3) is 0 Å². The van der Waals surface area contributed by atoms with Gasteiger partial charge >= 0.3 is 0 Å². The summed E-state index contributed by atoms with van der Waals surface area (Å²) in [5, 5.41) is 3.04. The normalized spacial score (nSPS) is 19.3. The highest BCUT2D eigenvalue weighted by molar-refractivity contribution is 5.94. The summed E-state index contributed by atoms with van der Waals surface area (Å²) < 4.78 is 0. The molecule has 1 saturated heterocycles. The fourth-order valence-corrected chi connectivity index (χ4v) is 4.06. The summed E-state index contributed by atoms with van der Waals surface area (Å²) in [7, 11) is 0. The number of imidazole rings is 1. The summed E-state index contributed by atoms with van der Waals surface area (Å²) in [5.41, 5.74) is 3.57. The summed E-state index contributed by atoms with van der Waals surface area (Å²) in [6.07, 6.45) is 3.71.